The highest BCUT2D eigenvalue weighted by Crippen LogP contribution is 2.28. The number of aromatic amines is 1. The lowest BCUT2D eigenvalue weighted by atomic mass is 10.0. The number of aromatic nitrogens is 1. The molecule has 8 nitrogen and oxygen atoms in total. The standard InChI is InChI=1S/C24H27N3O5/c1-24(2,3)32-23(31)27-18-11-7-10-17-21(18)16(14-25-17)13-19(22(29)30)26-20(28)12-15-8-5-4-6-9-15/h4-11,14,19,25H,12-13H2,1-3H3,(H,26,28)(H,27,31)(H,29,30)/t19-/m1/s1. The fourth-order valence-corrected chi connectivity index (χ4v) is 3.38. The molecule has 168 valence electrons. The summed E-state index contributed by atoms with van der Waals surface area (Å²) in [6.07, 6.45) is 1.21. The van der Waals surface area contributed by atoms with E-state index >= 15 is 0 Å². The molecule has 2 amide bonds. The third-order valence-electron chi connectivity index (χ3n) is 4.69. The molecule has 0 fully saturated rings. The molecule has 3 aromatic rings. The molecular formula is C24H27N3O5. The van der Waals surface area contributed by atoms with Crippen molar-refractivity contribution < 1.29 is 24.2 Å². The van der Waals surface area contributed by atoms with Crippen molar-refractivity contribution in [3.05, 3.63) is 65.9 Å². The van der Waals surface area contributed by atoms with Gasteiger partial charge in [-0.25, -0.2) is 9.59 Å². The molecule has 8 heteroatoms. The minimum atomic E-state index is -1.14. The Morgan fingerprint density at radius 1 is 1.06 bits per heavy atom. The summed E-state index contributed by atoms with van der Waals surface area (Å²) in [6, 6.07) is 13.3. The van der Waals surface area contributed by atoms with Gasteiger partial charge in [-0.1, -0.05) is 36.4 Å². The molecule has 0 aliphatic carbocycles. The van der Waals surface area contributed by atoms with E-state index in [9.17, 15) is 19.5 Å². The highest BCUT2D eigenvalue weighted by atomic mass is 16.6. The van der Waals surface area contributed by atoms with Crippen molar-refractivity contribution in [3.8, 4) is 0 Å². The lowest BCUT2D eigenvalue weighted by Gasteiger charge is -2.20. The molecular weight excluding hydrogens is 410 g/mol. The Morgan fingerprint density at radius 3 is 2.44 bits per heavy atom. The van der Waals surface area contributed by atoms with Gasteiger partial charge in [-0.3, -0.25) is 10.1 Å². The average molecular weight is 437 g/mol. The van der Waals surface area contributed by atoms with E-state index in [4.69, 9.17) is 4.74 Å². The second-order valence-electron chi connectivity index (χ2n) is 8.49. The van der Waals surface area contributed by atoms with Gasteiger partial charge in [-0.2, -0.15) is 0 Å². The number of rotatable bonds is 7. The zero-order chi connectivity index (χ0) is 23.3. The van der Waals surface area contributed by atoms with Crippen LogP contribution in [0.3, 0.4) is 0 Å². The molecule has 1 atom stereocenters. The number of benzene rings is 2. The van der Waals surface area contributed by atoms with Crippen molar-refractivity contribution in [2.75, 3.05) is 5.32 Å². The Morgan fingerprint density at radius 2 is 1.78 bits per heavy atom. The molecule has 1 aromatic heterocycles. The second kappa shape index (κ2) is 9.55. The van der Waals surface area contributed by atoms with Crippen LogP contribution < -0.4 is 10.6 Å². The molecule has 0 bridgehead atoms. The van der Waals surface area contributed by atoms with E-state index in [2.05, 4.69) is 15.6 Å². The van der Waals surface area contributed by atoms with Crippen LogP contribution in [-0.2, 0) is 27.2 Å². The Bertz CT molecular complexity index is 1120. The molecule has 0 aliphatic heterocycles. The lowest BCUT2D eigenvalue weighted by molar-refractivity contribution is -0.141. The maximum absolute atomic E-state index is 12.4. The summed E-state index contributed by atoms with van der Waals surface area (Å²) >= 11 is 0. The minimum absolute atomic E-state index is 0.0445. The summed E-state index contributed by atoms with van der Waals surface area (Å²) in [5.41, 5.74) is 2.02. The second-order valence-corrected chi connectivity index (χ2v) is 8.49. The van der Waals surface area contributed by atoms with E-state index in [1.54, 1.807) is 39.1 Å². The third-order valence-corrected chi connectivity index (χ3v) is 4.69. The number of carbonyl (C=O) groups is 3. The highest BCUT2D eigenvalue weighted by molar-refractivity contribution is 6.01. The topological polar surface area (TPSA) is 121 Å². The molecule has 1 heterocycles. The number of carbonyl (C=O) groups excluding carboxylic acids is 2. The zero-order valence-corrected chi connectivity index (χ0v) is 18.3. The molecule has 0 aliphatic rings. The van der Waals surface area contributed by atoms with Crippen LogP contribution in [0.5, 0.6) is 0 Å². The van der Waals surface area contributed by atoms with E-state index in [0.29, 0.717) is 16.6 Å². The SMILES string of the molecule is CC(C)(C)OC(=O)Nc1cccc2[nH]cc(C[C@@H](NC(=O)Cc3ccccc3)C(=O)O)c12. The van der Waals surface area contributed by atoms with E-state index in [0.717, 1.165) is 11.1 Å². The summed E-state index contributed by atoms with van der Waals surface area (Å²) < 4.78 is 5.32. The molecule has 0 saturated carbocycles. The van der Waals surface area contributed by atoms with Gasteiger partial charge >= 0.3 is 12.1 Å². The number of ether oxygens (including phenoxy) is 1. The first-order valence-electron chi connectivity index (χ1n) is 10.3. The fraction of sp³-hybridized carbons (Fsp3) is 0.292. The van der Waals surface area contributed by atoms with Gasteiger partial charge in [0.05, 0.1) is 12.1 Å². The molecule has 2 aromatic carbocycles. The van der Waals surface area contributed by atoms with Gasteiger partial charge in [0.15, 0.2) is 0 Å². The van der Waals surface area contributed by atoms with Crippen molar-refractivity contribution in [1.29, 1.82) is 0 Å². The van der Waals surface area contributed by atoms with E-state index < -0.39 is 23.7 Å². The number of aliphatic carboxylic acids is 1. The number of nitrogens with one attached hydrogen (secondary N) is 3. The largest absolute Gasteiger partial charge is 0.480 e. The predicted octanol–water partition coefficient (Wildman–Crippen LogP) is 3.87. The van der Waals surface area contributed by atoms with Crippen molar-refractivity contribution >= 4 is 34.6 Å². The van der Waals surface area contributed by atoms with Gasteiger partial charge in [0.25, 0.3) is 0 Å². The van der Waals surface area contributed by atoms with Gasteiger partial charge in [-0.15, -0.1) is 0 Å². The smallest absolute Gasteiger partial charge is 0.412 e. The number of anilines is 1. The average Bonchev–Trinajstić information content (AvgIpc) is 3.10. The molecule has 0 spiro atoms. The highest BCUT2D eigenvalue weighted by Gasteiger charge is 2.24. The van der Waals surface area contributed by atoms with Crippen molar-refractivity contribution in [2.45, 2.75) is 45.3 Å². The van der Waals surface area contributed by atoms with Crippen LogP contribution in [0.2, 0.25) is 0 Å². The zero-order valence-electron chi connectivity index (χ0n) is 18.3. The number of hydrogen-bond donors (Lipinski definition) is 4. The van der Waals surface area contributed by atoms with Gasteiger partial charge < -0.3 is 20.1 Å². The molecule has 32 heavy (non-hydrogen) atoms. The van der Waals surface area contributed by atoms with Crippen molar-refractivity contribution in [1.82, 2.24) is 10.3 Å². The van der Waals surface area contributed by atoms with Crippen LogP contribution in [0, 0.1) is 0 Å². The van der Waals surface area contributed by atoms with Gasteiger partial charge in [0.1, 0.15) is 11.6 Å². The summed E-state index contributed by atoms with van der Waals surface area (Å²) in [5.74, 6) is -1.52. The summed E-state index contributed by atoms with van der Waals surface area (Å²) in [7, 11) is 0. The van der Waals surface area contributed by atoms with Crippen LogP contribution in [0.15, 0.2) is 54.7 Å². The summed E-state index contributed by atoms with van der Waals surface area (Å²) in [5, 5.41) is 15.7. The molecule has 4 N–H and O–H groups in total. The monoisotopic (exact) mass is 437 g/mol. The maximum atomic E-state index is 12.4. The number of H-pyrrole nitrogens is 1. The van der Waals surface area contributed by atoms with Crippen LogP contribution >= 0.6 is 0 Å². The Labute approximate surface area is 186 Å². The Balaban J connectivity index is 1.79. The van der Waals surface area contributed by atoms with Gasteiger partial charge in [0, 0.05) is 23.5 Å². The number of hydrogen-bond acceptors (Lipinski definition) is 4. The van der Waals surface area contributed by atoms with Gasteiger partial charge in [0.2, 0.25) is 5.91 Å². The Hall–Kier alpha value is -3.81. The molecule has 3 rings (SSSR count). The number of carboxylic acid groups (broad SMARTS) is 1. The first-order chi connectivity index (χ1) is 15.1. The van der Waals surface area contributed by atoms with Crippen LogP contribution in [0.1, 0.15) is 31.9 Å². The number of carboxylic acids is 1. The van der Waals surface area contributed by atoms with Gasteiger partial charge in [-0.05, 0) is 44.0 Å². The molecule has 0 radical (unpaired) electrons. The van der Waals surface area contributed by atoms with Crippen LogP contribution in [0.25, 0.3) is 10.9 Å². The van der Waals surface area contributed by atoms with E-state index in [-0.39, 0.29) is 18.7 Å². The lowest BCUT2D eigenvalue weighted by Crippen LogP contribution is -2.43. The summed E-state index contributed by atoms with van der Waals surface area (Å²) in [4.78, 5) is 39.6. The normalized spacial score (nSPS) is 12.2. The van der Waals surface area contributed by atoms with Crippen molar-refractivity contribution in [2.24, 2.45) is 0 Å². The molecule has 0 saturated heterocycles. The van der Waals surface area contributed by atoms with E-state index in [1.807, 2.05) is 36.4 Å². The maximum Gasteiger partial charge on any atom is 0.412 e. The third kappa shape index (κ3) is 6.10. The van der Waals surface area contributed by atoms with Crippen LogP contribution in [-0.4, -0.2) is 39.7 Å². The number of amides is 2. The van der Waals surface area contributed by atoms with Crippen molar-refractivity contribution in [3.63, 3.8) is 0 Å². The number of fused-ring (bicyclic) bond motifs is 1. The van der Waals surface area contributed by atoms with Crippen LogP contribution in [0.4, 0.5) is 10.5 Å². The summed E-state index contributed by atoms with van der Waals surface area (Å²) in [6.45, 7) is 5.30. The quantitative estimate of drug-likeness (QED) is 0.447. The first kappa shape index (κ1) is 22.9. The predicted molar refractivity (Wildman–Crippen MR) is 122 cm³/mol. The first-order valence-corrected chi connectivity index (χ1v) is 10.3. The fourth-order valence-electron chi connectivity index (χ4n) is 3.38. The minimum Gasteiger partial charge on any atom is -0.480 e. The van der Waals surface area contributed by atoms with E-state index in [1.165, 1.54) is 0 Å². The molecule has 0 unspecified atom stereocenters. The Kier molecular flexibility index (Phi) is 6.82.